The molecule has 0 amide bonds. The molecule has 0 spiro atoms. The normalized spacial score (nSPS) is 10.2. The van der Waals surface area contributed by atoms with Crippen LogP contribution in [-0.2, 0) is 0 Å². The summed E-state index contributed by atoms with van der Waals surface area (Å²) in [6.07, 6.45) is 0. The lowest BCUT2D eigenvalue weighted by molar-refractivity contribution is 0.260. The molecular weight excluding hydrogens is 266 g/mol. The molecule has 0 bridgehead atoms. The van der Waals surface area contributed by atoms with Crippen LogP contribution in [0, 0.1) is 17.2 Å². The standard InChI is InChI=1S/C16H17N3O2/c1-11(2)10-20-16-14(18)7-8-15(19-16)21-13-5-3-12(9-17)4-6-13/h3-8,11H,10,18H2,1-2H3. The van der Waals surface area contributed by atoms with E-state index in [1.54, 1.807) is 36.4 Å². The number of nitrogen functional groups attached to an aromatic ring is 1. The van der Waals surface area contributed by atoms with Gasteiger partial charge in [-0.05, 0) is 36.2 Å². The van der Waals surface area contributed by atoms with Gasteiger partial charge < -0.3 is 15.2 Å². The minimum Gasteiger partial charge on any atom is -0.476 e. The van der Waals surface area contributed by atoms with E-state index in [1.807, 2.05) is 13.8 Å². The molecule has 0 fully saturated rings. The molecule has 0 aliphatic rings. The molecular formula is C16H17N3O2. The van der Waals surface area contributed by atoms with Gasteiger partial charge in [0, 0.05) is 6.07 Å². The minimum atomic E-state index is 0.370. The molecule has 0 unspecified atom stereocenters. The van der Waals surface area contributed by atoms with Gasteiger partial charge in [-0.2, -0.15) is 10.2 Å². The maximum absolute atomic E-state index is 8.76. The van der Waals surface area contributed by atoms with Crippen molar-refractivity contribution in [2.75, 3.05) is 12.3 Å². The van der Waals surface area contributed by atoms with Crippen LogP contribution in [0.2, 0.25) is 0 Å². The number of hydrogen-bond acceptors (Lipinski definition) is 5. The molecule has 5 nitrogen and oxygen atoms in total. The van der Waals surface area contributed by atoms with Gasteiger partial charge in [0.2, 0.25) is 11.8 Å². The number of nitrogens with two attached hydrogens (primary N) is 1. The van der Waals surface area contributed by atoms with Gasteiger partial charge in [0.25, 0.3) is 0 Å². The predicted octanol–water partition coefficient (Wildman–Crippen LogP) is 3.36. The van der Waals surface area contributed by atoms with Crippen molar-refractivity contribution in [2.45, 2.75) is 13.8 Å². The van der Waals surface area contributed by atoms with Gasteiger partial charge in [0.15, 0.2) is 0 Å². The Bertz CT molecular complexity index is 646. The summed E-state index contributed by atoms with van der Waals surface area (Å²) in [5.41, 5.74) is 6.88. The Kier molecular flexibility index (Phi) is 4.62. The third-order valence-corrected chi connectivity index (χ3v) is 2.62. The average molecular weight is 283 g/mol. The number of anilines is 1. The fraction of sp³-hybridized carbons (Fsp3) is 0.250. The van der Waals surface area contributed by atoms with E-state index in [9.17, 15) is 0 Å². The summed E-state index contributed by atoms with van der Waals surface area (Å²) in [5, 5.41) is 8.76. The van der Waals surface area contributed by atoms with Gasteiger partial charge in [-0.1, -0.05) is 13.8 Å². The molecule has 0 atom stereocenters. The van der Waals surface area contributed by atoms with Crippen LogP contribution in [0.25, 0.3) is 0 Å². The first-order valence-corrected chi connectivity index (χ1v) is 6.66. The lowest BCUT2D eigenvalue weighted by atomic mass is 10.2. The van der Waals surface area contributed by atoms with Crippen LogP contribution >= 0.6 is 0 Å². The average Bonchev–Trinajstić information content (AvgIpc) is 2.48. The van der Waals surface area contributed by atoms with Crippen LogP contribution < -0.4 is 15.2 Å². The van der Waals surface area contributed by atoms with Gasteiger partial charge in [-0.15, -0.1) is 0 Å². The molecule has 2 N–H and O–H groups in total. The van der Waals surface area contributed by atoms with Crippen molar-refractivity contribution >= 4 is 5.69 Å². The highest BCUT2D eigenvalue weighted by Gasteiger charge is 2.07. The fourth-order valence-corrected chi connectivity index (χ4v) is 1.57. The molecule has 1 aromatic carbocycles. The number of rotatable bonds is 5. The van der Waals surface area contributed by atoms with E-state index in [0.29, 0.717) is 41.3 Å². The first-order valence-electron chi connectivity index (χ1n) is 6.66. The molecule has 1 aromatic heterocycles. The Morgan fingerprint density at radius 1 is 1.19 bits per heavy atom. The Balaban J connectivity index is 2.12. The summed E-state index contributed by atoms with van der Waals surface area (Å²) in [4.78, 5) is 4.25. The van der Waals surface area contributed by atoms with Crippen LogP contribution in [0.3, 0.4) is 0 Å². The molecule has 2 aromatic rings. The van der Waals surface area contributed by atoms with Crippen molar-refractivity contribution in [3.05, 3.63) is 42.0 Å². The summed E-state index contributed by atoms with van der Waals surface area (Å²) in [6, 6.07) is 12.2. The predicted molar refractivity (Wildman–Crippen MR) is 80.2 cm³/mol. The van der Waals surface area contributed by atoms with E-state index in [2.05, 4.69) is 11.1 Å². The first kappa shape index (κ1) is 14.7. The van der Waals surface area contributed by atoms with Crippen LogP contribution in [0.15, 0.2) is 36.4 Å². The number of nitrogens with zero attached hydrogens (tertiary/aromatic N) is 2. The third-order valence-electron chi connectivity index (χ3n) is 2.62. The van der Waals surface area contributed by atoms with Crippen LogP contribution in [0.4, 0.5) is 5.69 Å². The smallest absolute Gasteiger partial charge is 0.240 e. The van der Waals surface area contributed by atoms with Gasteiger partial charge in [0.1, 0.15) is 5.75 Å². The van der Waals surface area contributed by atoms with Crippen LogP contribution in [0.5, 0.6) is 17.5 Å². The maximum Gasteiger partial charge on any atom is 0.240 e. The summed E-state index contributed by atoms with van der Waals surface area (Å²) in [6.45, 7) is 4.64. The summed E-state index contributed by atoms with van der Waals surface area (Å²) in [7, 11) is 0. The lowest BCUT2D eigenvalue weighted by Gasteiger charge is -2.11. The molecule has 0 saturated carbocycles. The van der Waals surface area contributed by atoms with Crippen molar-refractivity contribution in [3.63, 3.8) is 0 Å². The van der Waals surface area contributed by atoms with E-state index < -0.39 is 0 Å². The molecule has 0 radical (unpaired) electrons. The first-order chi connectivity index (χ1) is 10.1. The minimum absolute atomic E-state index is 0.370. The highest BCUT2D eigenvalue weighted by Crippen LogP contribution is 2.26. The van der Waals surface area contributed by atoms with Crippen molar-refractivity contribution in [3.8, 4) is 23.6 Å². The number of aromatic nitrogens is 1. The summed E-state index contributed by atoms with van der Waals surface area (Å²) >= 11 is 0. The van der Waals surface area contributed by atoms with Crippen LogP contribution in [-0.4, -0.2) is 11.6 Å². The van der Waals surface area contributed by atoms with Crippen molar-refractivity contribution in [2.24, 2.45) is 5.92 Å². The number of nitriles is 1. The summed E-state index contributed by atoms with van der Waals surface area (Å²) < 4.78 is 11.2. The highest BCUT2D eigenvalue weighted by molar-refractivity contribution is 5.49. The molecule has 5 heteroatoms. The Labute approximate surface area is 123 Å². The summed E-state index contributed by atoms with van der Waals surface area (Å²) in [5.74, 6) is 1.75. The second kappa shape index (κ2) is 6.62. The quantitative estimate of drug-likeness (QED) is 0.909. The second-order valence-corrected chi connectivity index (χ2v) is 4.99. The molecule has 0 saturated heterocycles. The van der Waals surface area contributed by atoms with Gasteiger partial charge in [0.05, 0.1) is 23.9 Å². The monoisotopic (exact) mass is 283 g/mol. The molecule has 0 aliphatic carbocycles. The van der Waals surface area contributed by atoms with Crippen molar-refractivity contribution < 1.29 is 9.47 Å². The fourth-order valence-electron chi connectivity index (χ4n) is 1.57. The zero-order chi connectivity index (χ0) is 15.2. The van der Waals surface area contributed by atoms with Crippen molar-refractivity contribution in [1.29, 1.82) is 5.26 Å². The van der Waals surface area contributed by atoms with Gasteiger partial charge >= 0.3 is 0 Å². The van der Waals surface area contributed by atoms with E-state index in [-0.39, 0.29) is 0 Å². The highest BCUT2D eigenvalue weighted by atomic mass is 16.5. The molecule has 108 valence electrons. The Hall–Kier alpha value is -2.74. The van der Waals surface area contributed by atoms with E-state index in [0.717, 1.165) is 0 Å². The molecule has 1 heterocycles. The SMILES string of the molecule is CC(C)COc1nc(Oc2ccc(C#N)cc2)ccc1N. The van der Waals surface area contributed by atoms with E-state index in [4.69, 9.17) is 20.5 Å². The lowest BCUT2D eigenvalue weighted by Crippen LogP contribution is -2.07. The van der Waals surface area contributed by atoms with E-state index >= 15 is 0 Å². The number of hydrogen-bond donors (Lipinski definition) is 1. The molecule has 2 rings (SSSR count). The zero-order valence-electron chi connectivity index (χ0n) is 12.0. The largest absolute Gasteiger partial charge is 0.476 e. The maximum atomic E-state index is 8.76. The van der Waals surface area contributed by atoms with Gasteiger partial charge in [-0.25, -0.2) is 0 Å². The second-order valence-electron chi connectivity index (χ2n) is 4.99. The topological polar surface area (TPSA) is 81.2 Å². The number of ether oxygens (including phenoxy) is 2. The number of pyridine rings is 1. The Morgan fingerprint density at radius 3 is 2.52 bits per heavy atom. The van der Waals surface area contributed by atoms with Crippen molar-refractivity contribution in [1.82, 2.24) is 4.98 Å². The molecule has 0 aliphatic heterocycles. The third kappa shape index (κ3) is 4.11. The number of benzene rings is 1. The Morgan fingerprint density at radius 2 is 1.90 bits per heavy atom. The van der Waals surface area contributed by atoms with Crippen LogP contribution in [0.1, 0.15) is 19.4 Å². The van der Waals surface area contributed by atoms with E-state index in [1.165, 1.54) is 0 Å². The van der Waals surface area contributed by atoms with Gasteiger partial charge in [-0.3, -0.25) is 0 Å². The molecule has 21 heavy (non-hydrogen) atoms. The zero-order valence-corrected chi connectivity index (χ0v) is 12.0.